The highest BCUT2D eigenvalue weighted by Gasteiger charge is 2.40. The Morgan fingerprint density at radius 3 is 2.82 bits per heavy atom. The van der Waals surface area contributed by atoms with Gasteiger partial charge in [-0.1, -0.05) is 12.1 Å². The number of carbonyl (C=O) groups excluding carboxylic acids is 2. The predicted octanol–water partition coefficient (Wildman–Crippen LogP) is 0.385. The second-order valence-electron chi connectivity index (χ2n) is 5.80. The van der Waals surface area contributed by atoms with Crippen LogP contribution in [0.5, 0.6) is 5.75 Å². The molecule has 22 heavy (non-hydrogen) atoms. The van der Waals surface area contributed by atoms with E-state index in [1.807, 2.05) is 25.1 Å². The zero-order valence-electron chi connectivity index (χ0n) is 13.0. The molecule has 6 nitrogen and oxygen atoms in total. The van der Waals surface area contributed by atoms with Gasteiger partial charge >= 0.3 is 0 Å². The molecule has 1 aromatic rings. The molecule has 1 aliphatic heterocycles. The highest BCUT2D eigenvalue weighted by molar-refractivity contribution is 5.85. The van der Waals surface area contributed by atoms with Crippen LogP contribution in [0.3, 0.4) is 0 Å². The van der Waals surface area contributed by atoms with Gasteiger partial charge < -0.3 is 20.5 Å². The van der Waals surface area contributed by atoms with Crippen molar-refractivity contribution in [2.45, 2.75) is 31.8 Å². The lowest BCUT2D eigenvalue weighted by atomic mass is 9.92. The molecule has 2 amide bonds. The van der Waals surface area contributed by atoms with Gasteiger partial charge in [-0.15, -0.1) is 0 Å². The molecule has 0 radical (unpaired) electrons. The quantitative estimate of drug-likeness (QED) is 0.841. The number of rotatable bonds is 4. The minimum Gasteiger partial charge on any atom is -0.496 e. The monoisotopic (exact) mass is 306 g/mol. The third-order valence-corrected chi connectivity index (χ3v) is 4.11. The van der Waals surface area contributed by atoms with Crippen molar-refractivity contribution in [2.75, 3.05) is 20.2 Å². The van der Waals surface area contributed by atoms with E-state index >= 15 is 0 Å². The Hall–Kier alpha value is -2.08. The first kappa shape index (κ1) is 16.3. The molecule has 0 bridgehead atoms. The van der Waals surface area contributed by atoms with Crippen LogP contribution in [0.2, 0.25) is 0 Å². The van der Waals surface area contributed by atoms with Gasteiger partial charge in [0.05, 0.1) is 20.1 Å². The lowest BCUT2D eigenvalue weighted by Gasteiger charge is -2.37. The molecule has 2 rings (SSSR count). The zero-order valence-corrected chi connectivity index (χ0v) is 13.0. The molecule has 3 N–H and O–H groups in total. The van der Waals surface area contributed by atoms with Crippen LogP contribution in [0.25, 0.3) is 0 Å². The van der Waals surface area contributed by atoms with Crippen molar-refractivity contribution in [3.63, 3.8) is 0 Å². The summed E-state index contributed by atoms with van der Waals surface area (Å²) in [5.74, 6) is -0.176. The number of methoxy groups -OCH3 is 1. The number of primary amides is 1. The van der Waals surface area contributed by atoms with Crippen LogP contribution >= 0.6 is 0 Å². The van der Waals surface area contributed by atoms with Gasteiger partial charge in [-0.25, -0.2) is 0 Å². The molecule has 1 fully saturated rings. The Bertz CT molecular complexity index is 588. The van der Waals surface area contributed by atoms with Crippen molar-refractivity contribution < 1.29 is 19.4 Å². The highest BCUT2D eigenvalue weighted by atomic mass is 16.5. The first-order valence-corrected chi connectivity index (χ1v) is 7.29. The third-order valence-electron chi connectivity index (χ3n) is 4.11. The summed E-state index contributed by atoms with van der Waals surface area (Å²) in [6, 6.07) is 5.61. The van der Waals surface area contributed by atoms with Gasteiger partial charge in [0.2, 0.25) is 5.91 Å². The van der Waals surface area contributed by atoms with Crippen molar-refractivity contribution in [1.82, 2.24) is 4.90 Å². The number of aliphatic hydroxyl groups is 1. The summed E-state index contributed by atoms with van der Waals surface area (Å²) in [5, 5.41) is 10.2. The summed E-state index contributed by atoms with van der Waals surface area (Å²) in [7, 11) is 1.59. The summed E-state index contributed by atoms with van der Waals surface area (Å²) < 4.78 is 5.25. The maximum absolute atomic E-state index is 12.4. The molecule has 1 saturated heterocycles. The Kier molecular flexibility index (Phi) is 4.71. The molecule has 1 aliphatic rings. The molecule has 0 spiro atoms. The number of nitrogens with zero attached hydrogens (tertiary/aromatic N) is 1. The lowest BCUT2D eigenvalue weighted by molar-refractivity contribution is -0.148. The number of piperidine rings is 1. The average Bonchev–Trinajstić information content (AvgIpc) is 2.49. The van der Waals surface area contributed by atoms with E-state index < -0.39 is 11.5 Å². The van der Waals surface area contributed by atoms with E-state index in [4.69, 9.17) is 10.5 Å². The van der Waals surface area contributed by atoms with E-state index in [2.05, 4.69) is 0 Å². The number of hydrogen-bond donors (Lipinski definition) is 2. The Balaban J connectivity index is 2.07. The first-order chi connectivity index (χ1) is 10.4. The second kappa shape index (κ2) is 6.36. The number of likely N-dealkylation sites (tertiary alicyclic amines) is 1. The molecular formula is C16H22N2O4. The van der Waals surface area contributed by atoms with Crippen molar-refractivity contribution in [2.24, 2.45) is 5.73 Å². The van der Waals surface area contributed by atoms with Gasteiger partial charge in [-0.05, 0) is 37.0 Å². The average molecular weight is 306 g/mol. The van der Waals surface area contributed by atoms with Crippen molar-refractivity contribution in [3.8, 4) is 5.75 Å². The molecule has 120 valence electrons. The largest absolute Gasteiger partial charge is 0.496 e. The van der Waals surface area contributed by atoms with E-state index in [1.54, 1.807) is 7.11 Å². The fraction of sp³-hybridized carbons (Fsp3) is 0.500. The van der Waals surface area contributed by atoms with E-state index in [1.165, 1.54) is 4.90 Å². The number of hydrogen-bond acceptors (Lipinski definition) is 4. The smallest absolute Gasteiger partial charge is 0.251 e. The Labute approximate surface area is 129 Å². The van der Waals surface area contributed by atoms with Gasteiger partial charge in [0.25, 0.3) is 5.91 Å². The number of nitrogens with two attached hydrogens (primary N) is 1. The fourth-order valence-corrected chi connectivity index (χ4v) is 2.71. The van der Waals surface area contributed by atoms with E-state index in [-0.39, 0.29) is 18.9 Å². The molecule has 0 saturated carbocycles. The highest BCUT2D eigenvalue weighted by Crippen LogP contribution is 2.23. The van der Waals surface area contributed by atoms with Gasteiger partial charge in [0.1, 0.15) is 5.75 Å². The van der Waals surface area contributed by atoms with E-state index in [9.17, 15) is 14.7 Å². The van der Waals surface area contributed by atoms with E-state index in [0.717, 1.165) is 16.9 Å². The number of ether oxygens (including phenoxy) is 1. The van der Waals surface area contributed by atoms with Gasteiger partial charge in [-0.3, -0.25) is 9.59 Å². The summed E-state index contributed by atoms with van der Waals surface area (Å²) in [5.41, 5.74) is 5.45. The minimum atomic E-state index is -1.61. The molecular weight excluding hydrogens is 284 g/mol. The third kappa shape index (κ3) is 3.39. The number of aryl methyl sites for hydroxylation is 1. The number of benzene rings is 1. The molecule has 1 heterocycles. The lowest BCUT2D eigenvalue weighted by Crippen LogP contribution is -2.57. The second-order valence-corrected chi connectivity index (χ2v) is 5.80. The predicted molar refractivity (Wildman–Crippen MR) is 81.4 cm³/mol. The van der Waals surface area contributed by atoms with Crippen LogP contribution in [0, 0.1) is 6.92 Å². The fourth-order valence-electron chi connectivity index (χ4n) is 2.71. The van der Waals surface area contributed by atoms with Crippen LogP contribution in [-0.4, -0.2) is 47.6 Å². The molecule has 1 unspecified atom stereocenters. The minimum absolute atomic E-state index is 0.0375. The normalized spacial score (nSPS) is 21.5. The number of carbonyl (C=O) groups is 2. The Morgan fingerprint density at radius 1 is 1.45 bits per heavy atom. The SMILES string of the molecule is COc1cc(CC(=O)N2CCCC(O)(C(N)=O)C2)ccc1C. The van der Waals surface area contributed by atoms with Crippen molar-refractivity contribution in [1.29, 1.82) is 0 Å². The number of amides is 2. The molecule has 0 aliphatic carbocycles. The summed E-state index contributed by atoms with van der Waals surface area (Å²) in [6.45, 7) is 2.42. The van der Waals surface area contributed by atoms with Crippen LogP contribution in [0.15, 0.2) is 18.2 Å². The molecule has 1 atom stereocenters. The summed E-state index contributed by atoms with van der Waals surface area (Å²) in [6.07, 6.45) is 1.05. The van der Waals surface area contributed by atoms with Crippen LogP contribution in [0.4, 0.5) is 0 Å². The standard InChI is InChI=1S/C16H22N2O4/c1-11-4-5-12(8-13(11)22-2)9-14(19)18-7-3-6-16(21,10-18)15(17)20/h4-5,8,21H,3,6-7,9-10H2,1-2H3,(H2,17,20). The molecule has 0 aromatic heterocycles. The topological polar surface area (TPSA) is 92.9 Å². The van der Waals surface area contributed by atoms with Crippen LogP contribution in [-0.2, 0) is 16.0 Å². The van der Waals surface area contributed by atoms with Gasteiger partial charge in [0.15, 0.2) is 5.60 Å². The maximum Gasteiger partial charge on any atom is 0.251 e. The van der Waals surface area contributed by atoms with Gasteiger partial charge in [0, 0.05) is 6.54 Å². The van der Waals surface area contributed by atoms with Gasteiger partial charge in [-0.2, -0.15) is 0 Å². The zero-order chi connectivity index (χ0) is 16.3. The summed E-state index contributed by atoms with van der Waals surface area (Å²) in [4.78, 5) is 25.2. The molecule has 6 heteroatoms. The van der Waals surface area contributed by atoms with Crippen LogP contribution in [0.1, 0.15) is 24.0 Å². The first-order valence-electron chi connectivity index (χ1n) is 7.29. The molecule has 1 aromatic carbocycles. The maximum atomic E-state index is 12.4. The van der Waals surface area contributed by atoms with E-state index in [0.29, 0.717) is 19.4 Å². The Morgan fingerprint density at radius 2 is 2.18 bits per heavy atom. The summed E-state index contributed by atoms with van der Waals surface area (Å²) >= 11 is 0. The number of β-amino-alcohol motifs (C(OH)–C–C–N with tert-alkyl or cyclic N) is 1. The van der Waals surface area contributed by atoms with Crippen LogP contribution < -0.4 is 10.5 Å². The van der Waals surface area contributed by atoms with Crippen molar-refractivity contribution >= 4 is 11.8 Å². The van der Waals surface area contributed by atoms with Crippen molar-refractivity contribution in [3.05, 3.63) is 29.3 Å².